The first-order chi connectivity index (χ1) is 9.08. The van der Waals surface area contributed by atoms with Crippen LogP contribution in [0.2, 0.25) is 0 Å². The number of sulfone groups is 1. The number of hydrogen-bond acceptors (Lipinski definition) is 3. The molecule has 0 amide bonds. The Balaban J connectivity index is 2.58. The van der Waals surface area contributed by atoms with E-state index >= 15 is 0 Å². The van der Waals surface area contributed by atoms with Crippen LogP contribution in [-0.2, 0) is 27.2 Å². The smallest absolute Gasteiger partial charge is 0.299 e. The van der Waals surface area contributed by atoms with Crippen molar-refractivity contribution in [3.8, 4) is 0 Å². The number of halogens is 3. The zero-order valence-corrected chi connectivity index (χ0v) is 11.7. The van der Waals surface area contributed by atoms with Crippen molar-refractivity contribution in [1.82, 2.24) is 0 Å². The average Bonchev–Trinajstić information content (AvgIpc) is 2.26. The van der Waals surface area contributed by atoms with E-state index in [1.807, 2.05) is 0 Å². The van der Waals surface area contributed by atoms with Crippen molar-refractivity contribution in [1.29, 1.82) is 0 Å². The highest BCUT2D eigenvalue weighted by Crippen LogP contribution is 2.29. The molecule has 3 nitrogen and oxygen atoms in total. The molecule has 0 aromatic heterocycles. The van der Waals surface area contributed by atoms with Crippen molar-refractivity contribution in [2.45, 2.75) is 25.4 Å². The number of carbonyl (C=O) groups is 1. The Kier molecular flexibility index (Phi) is 5.33. The number of carbonyl (C=O) groups excluding carboxylic acids is 1. The number of rotatable bonds is 6. The summed E-state index contributed by atoms with van der Waals surface area (Å²) in [6.07, 6.45) is -3.24. The van der Waals surface area contributed by atoms with Gasteiger partial charge in [-0.25, -0.2) is 8.42 Å². The summed E-state index contributed by atoms with van der Waals surface area (Å²) in [5.74, 6) is -0.366. The zero-order chi connectivity index (χ0) is 15.4. The fourth-order valence-electron chi connectivity index (χ4n) is 1.71. The molecule has 0 saturated carbocycles. The largest absolute Gasteiger partial charge is 0.416 e. The van der Waals surface area contributed by atoms with Gasteiger partial charge in [0.15, 0.2) is 0 Å². The molecule has 0 heterocycles. The van der Waals surface area contributed by atoms with Crippen LogP contribution in [-0.4, -0.2) is 26.2 Å². The minimum atomic E-state index is -4.44. The molecule has 7 heteroatoms. The molecule has 1 aromatic carbocycles. The van der Waals surface area contributed by atoms with Gasteiger partial charge in [0.05, 0.1) is 11.3 Å². The average molecular weight is 308 g/mol. The van der Waals surface area contributed by atoms with Gasteiger partial charge in [-0.05, 0) is 18.1 Å². The molecule has 0 bridgehead atoms. The monoisotopic (exact) mass is 308 g/mol. The van der Waals surface area contributed by atoms with Crippen molar-refractivity contribution < 1.29 is 26.4 Å². The van der Waals surface area contributed by atoms with Crippen molar-refractivity contribution in [3.63, 3.8) is 0 Å². The lowest BCUT2D eigenvalue weighted by Gasteiger charge is -2.08. The Hall–Kier alpha value is -1.37. The Bertz CT molecular complexity index is 577. The summed E-state index contributed by atoms with van der Waals surface area (Å²) in [5.41, 5.74) is -0.511. The normalized spacial score (nSPS) is 12.4. The molecule has 0 aliphatic carbocycles. The first-order valence-electron chi connectivity index (χ1n) is 5.93. The van der Waals surface area contributed by atoms with E-state index < -0.39 is 21.6 Å². The van der Waals surface area contributed by atoms with Crippen molar-refractivity contribution in [2.75, 3.05) is 12.0 Å². The maximum atomic E-state index is 12.5. The van der Waals surface area contributed by atoms with Crippen LogP contribution in [0.1, 0.15) is 24.0 Å². The van der Waals surface area contributed by atoms with Gasteiger partial charge in [0.2, 0.25) is 0 Å². The second-order valence-corrected chi connectivity index (χ2v) is 6.91. The third kappa shape index (κ3) is 6.18. The van der Waals surface area contributed by atoms with Crippen LogP contribution in [0.25, 0.3) is 0 Å². The Labute approximate surface area is 115 Å². The van der Waals surface area contributed by atoms with Crippen LogP contribution in [0.3, 0.4) is 0 Å². The highest BCUT2D eigenvalue weighted by molar-refractivity contribution is 7.90. The van der Waals surface area contributed by atoms with Crippen LogP contribution >= 0.6 is 0 Å². The Morgan fingerprint density at radius 2 is 1.90 bits per heavy atom. The summed E-state index contributed by atoms with van der Waals surface area (Å²) < 4.78 is 59.2. The molecule has 0 atom stereocenters. The highest BCUT2D eigenvalue weighted by Gasteiger charge is 2.30. The molecule has 0 aliphatic heterocycles. The van der Waals surface area contributed by atoms with Gasteiger partial charge >= 0.3 is 6.18 Å². The van der Waals surface area contributed by atoms with E-state index in [9.17, 15) is 26.4 Å². The van der Waals surface area contributed by atoms with Gasteiger partial charge in [-0.15, -0.1) is 0 Å². The summed E-state index contributed by atoms with van der Waals surface area (Å²) in [4.78, 5) is 11.6. The topological polar surface area (TPSA) is 51.2 Å². The summed E-state index contributed by atoms with van der Waals surface area (Å²) in [6, 6.07) is 4.58. The van der Waals surface area contributed by atoms with E-state index in [1.54, 1.807) is 0 Å². The summed E-state index contributed by atoms with van der Waals surface area (Å²) in [7, 11) is -3.12. The highest BCUT2D eigenvalue weighted by atomic mass is 32.2. The molecule has 0 unspecified atom stereocenters. The van der Waals surface area contributed by atoms with E-state index in [0.29, 0.717) is 0 Å². The van der Waals surface area contributed by atoms with Gasteiger partial charge in [-0.1, -0.05) is 18.2 Å². The summed E-state index contributed by atoms with van der Waals surface area (Å²) >= 11 is 0. The Morgan fingerprint density at radius 1 is 1.25 bits per heavy atom. The summed E-state index contributed by atoms with van der Waals surface area (Å²) in [6.45, 7) is 0. The lowest BCUT2D eigenvalue weighted by molar-refractivity contribution is -0.137. The van der Waals surface area contributed by atoms with E-state index in [2.05, 4.69) is 0 Å². The molecule has 0 saturated heterocycles. The third-order valence-corrected chi connectivity index (χ3v) is 3.66. The molecular formula is C13H15F3O3S. The van der Waals surface area contributed by atoms with E-state index in [0.717, 1.165) is 18.4 Å². The predicted octanol–water partition coefficient (Wildman–Crippen LogP) is 2.64. The first-order valence-corrected chi connectivity index (χ1v) is 7.99. The number of benzene rings is 1. The van der Waals surface area contributed by atoms with Crippen molar-refractivity contribution >= 4 is 15.6 Å². The number of alkyl halides is 3. The number of hydrogen-bond donors (Lipinski definition) is 0. The molecular weight excluding hydrogens is 293 g/mol. The zero-order valence-electron chi connectivity index (χ0n) is 10.9. The Morgan fingerprint density at radius 3 is 2.45 bits per heavy atom. The van der Waals surface area contributed by atoms with Gasteiger partial charge in [0.25, 0.3) is 0 Å². The fourth-order valence-corrected chi connectivity index (χ4v) is 2.37. The first kappa shape index (κ1) is 16.7. The molecule has 0 N–H and O–H groups in total. The second kappa shape index (κ2) is 6.39. The van der Waals surface area contributed by atoms with Gasteiger partial charge < -0.3 is 0 Å². The lowest BCUT2D eigenvalue weighted by Crippen LogP contribution is -2.09. The predicted molar refractivity (Wildman–Crippen MR) is 69.1 cm³/mol. The van der Waals surface area contributed by atoms with Crippen LogP contribution < -0.4 is 0 Å². The minimum Gasteiger partial charge on any atom is -0.299 e. The lowest BCUT2D eigenvalue weighted by atomic mass is 10.0. The molecule has 1 aromatic rings. The van der Waals surface area contributed by atoms with E-state index in [1.165, 1.54) is 12.1 Å². The van der Waals surface area contributed by atoms with Gasteiger partial charge in [-0.2, -0.15) is 13.2 Å². The van der Waals surface area contributed by atoms with Gasteiger partial charge in [0, 0.05) is 19.1 Å². The molecule has 0 aliphatic rings. The van der Waals surface area contributed by atoms with Gasteiger partial charge in [-0.3, -0.25) is 4.79 Å². The minimum absolute atomic E-state index is 0.0450. The molecule has 0 spiro atoms. The third-order valence-electron chi connectivity index (χ3n) is 2.63. The van der Waals surface area contributed by atoms with Crippen LogP contribution in [0.5, 0.6) is 0 Å². The molecule has 112 valence electrons. The van der Waals surface area contributed by atoms with Crippen molar-refractivity contribution in [3.05, 3.63) is 35.4 Å². The summed E-state index contributed by atoms with van der Waals surface area (Å²) in [5, 5.41) is 0. The van der Waals surface area contributed by atoms with E-state index in [-0.39, 0.29) is 36.4 Å². The second-order valence-electron chi connectivity index (χ2n) is 4.65. The molecule has 0 radical (unpaired) electrons. The van der Waals surface area contributed by atoms with Crippen molar-refractivity contribution in [2.24, 2.45) is 0 Å². The maximum absolute atomic E-state index is 12.5. The number of Topliss-reactive ketones (excluding diaryl/α,β-unsaturated/α-hetero) is 1. The maximum Gasteiger partial charge on any atom is 0.416 e. The van der Waals surface area contributed by atoms with Crippen LogP contribution in [0.4, 0.5) is 13.2 Å². The molecule has 20 heavy (non-hydrogen) atoms. The fraction of sp³-hybridized carbons (Fsp3) is 0.462. The van der Waals surface area contributed by atoms with Crippen LogP contribution in [0.15, 0.2) is 24.3 Å². The number of ketones is 1. The quantitative estimate of drug-likeness (QED) is 0.812. The van der Waals surface area contributed by atoms with Gasteiger partial charge in [0.1, 0.15) is 15.6 Å². The van der Waals surface area contributed by atoms with E-state index in [4.69, 9.17) is 0 Å². The standard InChI is InChI=1S/C13H15F3O3S/c1-20(18,19)7-3-6-12(17)9-10-4-2-5-11(8-10)13(14,15)16/h2,4-5,8H,3,6-7,9H2,1H3. The molecule has 0 fully saturated rings. The molecule has 1 rings (SSSR count). The van der Waals surface area contributed by atoms with Crippen LogP contribution in [0, 0.1) is 0 Å². The SMILES string of the molecule is CS(=O)(=O)CCCC(=O)Cc1cccc(C(F)(F)F)c1.